The van der Waals surface area contributed by atoms with E-state index in [0.29, 0.717) is 0 Å². The third-order valence-electron chi connectivity index (χ3n) is 3.65. The Morgan fingerprint density at radius 3 is 3.33 bits per heavy atom. The summed E-state index contributed by atoms with van der Waals surface area (Å²) in [4.78, 5) is 2.51. The zero-order chi connectivity index (χ0) is 8.13. The van der Waals surface area contributed by atoms with Gasteiger partial charge in [0.1, 0.15) is 0 Å². The maximum absolute atomic E-state index is 2.51. The maximum atomic E-state index is 2.51. The second-order valence-corrected chi connectivity index (χ2v) is 4.31. The highest BCUT2D eigenvalue weighted by Gasteiger charge is 2.41. The lowest BCUT2D eigenvalue weighted by Gasteiger charge is -2.27. The summed E-state index contributed by atoms with van der Waals surface area (Å²) in [6.45, 7) is 1.32. The predicted molar refractivity (Wildman–Crippen MR) is 49.9 cm³/mol. The minimum Gasteiger partial charge on any atom is -0.299 e. The number of fused-ring (bicyclic) bond motifs is 4. The van der Waals surface area contributed by atoms with Gasteiger partial charge in [0.15, 0.2) is 0 Å². The highest BCUT2D eigenvalue weighted by molar-refractivity contribution is 5.42. The first kappa shape index (κ1) is 6.90. The molecule has 0 aromatic rings. The predicted octanol–water partition coefficient (Wildman–Crippen LogP) is 1.97. The standard InChI is InChI=1S/C11H15N/c1-12-7-8-6-11(12)10-5-3-2-4-9(8)10/h3,5,8,11H,2,4,6-7H2,1H3. The molecule has 0 amide bonds. The average molecular weight is 161 g/mol. The highest BCUT2D eigenvalue weighted by atomic mass is 15.2. The van der Waals surface area contributed by atoms with Crippen molar-refractivity contribution in [1.29, 1.82) is 0 Å². The molecule has 3 aliphatic rings. The molecule has 0 radical (unpaired) electrons. The van der Waals surface area contributed by atoms with Crippen molar-refractivity contribution in [3.8, 4) is 0 Å². The van der Waals surface area contributed by atoms with Gasteiger partial charge in [0.25, 0.3) is 0 Å². The molecule has 0 aromatic heterocycles. The highest BCUT2D eigenvalue weighted by Crippen LogP contribution is 2.45. The molecule has 2 aliphatic carbocycles. The minimum atomic E-state index is 0.779. The van der Waals surface area contributed by atoms with E-state index >= 15 is 0 Å². The van der Waals surface area contributed by atoms with Gasteiger partial charge in [-0.2, -0.15) is 0 Å². The molecule has 1 nitrogen and oxygen atoms in total. The van der Waals surface area contributed by atoms with Crippen LogP contribution in [0.25, 0.3) is 0 Å². The molecule has 1 aliphatic heterocycles. The second-order valence-electron chi connectivity index (χ2n) is 4.31. The Labute approximate surface area is 73.8 Å². The first-order valence-electron chi connectivity index (χ1n) is 4.96. The molecule has 64 valence electrons. The summed E-state index contributed by atoms with van der Waals surface area (Å²) in [6.07, 6.45) is 8.75. The fourth-order valence-corrected chi connectivity index (χ4v) is 3.08. The molecular weight excluding hydrogens is 146 g/mol. The van der Waals surface area contributed by atoms with Crippen LogP contribution in [0, 0.1) is 5.92 Å². The van der Waals surface area contributed by atoms with Crippen molar-refractivity contribution in [2.24, 2.45) is 5.92 Å². The molecule has 2 bridgehead atoms. The van der Waals surface area contributed by atoms with Crippen molar-refractivity contribution >= 4 is 0 Å². The van der Waals surface area contributed by atoms with E-state index in [4.69, 9.17) is 0 Å². The summed E-state index contributed by atoms with van der Waals surface area (Å²) in [6, 6.07) is 0.779. The van der Waals surface area contributed by atoms with Crippen LogP contribution in [0.1, 0.15) is 19.3 Å². The molecule has 2 atom stereocenters. The van der Waals surface area contributed by atoms with Gasteiger partial charge in [-0.3, -0.25) is 4.90 Å². The minimum absolute atomic E-state index is 0.779. The molecule has 0 spiro atoms. The smallest absolute Gasteiger partial charge is 0.0351 e. The number of likely N-dealkylation sites (N-methyl/N-ethyl adjacent to an activating group) is 1. The zero-order valence-corrected chi connectivity index (χ0v) is 7.59. The van der Waals surface area contributed by atoms with Crippen molar-refractivity contribution in [3.05, 3.63) is 23.3 Å². The number of hydrogen-bond acceptors (Lipinski definition) is 1. The summed E-state index contributed by atoms with van der Waals surface area (Å²) < 4.78 is 0. The van der Waals surface area contributed by atoms with Gasteiger partial charge < -0.3 is 0 Å². The molecule has 3 rings (SSSR count). The van der Waals surface area contributed by atoms with Crippen molar-refractivity contribution in [2.45, 2.75) is 25.3 Å². The Hall–Kier alpha value is -0.560. The molecule has 0 N–H and O–H groups in total. The van der Waals surface area contributed by atoms with Crippen molar-refractivity contribution in [1.82, 2.24) is 4.90 Å². The Bertz CT molecular complexity index is 275. The SMILES string of the molecule is CN1CC2CC1C1=C2CCC=C1. The van der Waals surface area contributed by atoms with Crippen molar-refractivity contribution in [2.75, 3.05) is 13.6 Å². The van der Waals surface area contributed by atoms with Crippen LogP contribution in [0.5, 0.6) is 0 Å². The van der Waals surface area contributed by atoms with Gasteiger partial charge in [0, 0.05) is 12.6 Å². The Morgan fingerprint density at radius 2 is 2.42 bits per heavy atom. The third kappa shape index (κ3) is 0.726. The number of nitrogens with zero attached hydrogens (tertiary/aromatic N) is 1. The van der Waals surface area contributed by atoms with E-state index in [9.17, 15) is 0 Å². The van der Waals surface area contributed by atoms with E-state index in [-0.39, 0.29) is 0 Å². The van der Waals surface area contributed by atoms with E-state index in [1.54, 1.807) is 11.1 Å². The van der Waals surface area contributed by atoms with Crippen molar-refractivity contribution < 1.29 is 0 Å². The van der Waals surface area contributed by atoms with Crippen LogP contribution in [0.4, 0.5) is 0 Å². The molecule has 12 heavy (non-hydrogen) atoms. The van der Waals surface area contributed by atoms with Gasteiger partial charge in [0.2, 0.25) is 0 Å². The van der Waals surface area contributed by atoms with Gasteiger partial charge in [-0.05, 0) is 37.8 Å². The fraction of sp³-hybridized carbons (Fsp3) is 0.636. The van der Waals surface area contributed by atoms with Gasteiger partial charge in [-0.1, -0.05) is 17.7 Å². The van der Waals surface area contributed by atoms with Crippen LogP contribution in [0.3, 0.4) is 0 Å². The summed E-state index contributed by atoms with van der Waals surface area (Å²) in [7, 11) is 2.26. The Morgan fingerprint density at radius 1 is 1.50 bits per heavy atom. The quantitative estimate of drug-likeness (QED) is 0.525. The molecular formula is C11H15N. The van der Waals surface area contributed by atoms with E-state index in [1.165, 1.54) is 25.8 Å². The Kier molecular flexibility index (Phi) is 1.28. The third-order valence-corrected chi connectivity index (χ3v) is 3.65. The summed E-state index contributed by atoms with van der Waals surface area (Å²) in [5, 5.41) is 0. The van der Waals surface area contributed by atoms with Crippen LogP contribution in [-0.2, 0) is 0 Å². The monoisotopic (exact) mass is 161 g/mol. The maximum Gasteiger partial charge on any atom is 0.0351 e. The van der Waals surface area contributed by atoms with Gasteiger partial charge in [-0.15, -0.1) is 0 Å². The molecule has 0 aromatic carbocycles. The largest absolute Gasteiger partial charge is 0.299 e. The molecule has 1 heteroatoms. The normalized spacial score (nSPS) is 39.4. The molecule has 1 heterocycles. The molecule has 2 unspecified atom stereocenters. The lowest BCUT2D eigenvalue weighted by atomic mass is 9.91. The van der Waals surface area contributed by atoms with Gasteiger partial charge in [-0.25, -0.2) is 0 Å². The Balaban J connectivity index is 2.04. The average Bonchev–Trinajstić information content (AvgIpc) is 2.62. The summed E-state index contributed by atoms with van der Waals surface area (Å²) >= 11 is 0. The van der Waals surface area contributed by atoms with E-state index < -0.39 is 0 Å². The van der Waals surface area contributed by atoms with Gasteiger partial charge >= 0.3 is 0 Å². The zero-order valence-electron chi connectivity index (χ0n) is 7.59. The first-order valence-corrected chi connectivity index (χ1v) is 4.96. The number of likely N-dealkylation sites (tertiary alicyclic amines) is 1. The lowest BCUT2D eigenvalue weighted by Crippen LogP contribution is -2.30. The van der Waals surface area contributed by atoms with Crippen LogP contribution in [0.15, 0.2) is 23.3 Å². The number of hydrogen-bond donors (Lipinski definition) is 0. The summed E-state index contributed by atoms with van der Waals surface area (Å²) in [5.41, 5.74) is 3.46. The summed E-state index contributed by atoms with van der Waals surface area (Å²) in [5.74, 6) is 0.917. The number of allylic oxidation sites excluding steroid dienone is 1. The van der Waals surface area contributed by atoms with E-state index in [0.717, 1.165) is 12.0 Å². The van der Waals surface area contributed by atoms with Crippen LogP contribution < -0.4 is 0 Å². The lowest BCUT2D eigenvalue weighted by molar-refractivity contribution is 0.329. The van der Waals surface area contributed by atoms with Gasteiger partial charge in [0.05, 0.1) is 0 Å². The molecule has 1 fully saturated rings. The molecule has 1 saturated heterocycles. The van der Waals surface area contributed by atoms with Crippen LogP contribution >= 0.6 is 0 Å². The number of rotatable bonds is 0. The fourth-order valence-electron chi connectivity index (χ4n) is 3.08. The van der Waals surface area contributed by atoms with Crippen LogP contribution in [-0.4, -0.2) is 24.5 Å². The van der Waals surface area contributed by atoms with Crippen LogP contribution in [0.2, 0.25) is 0 Å². The first-order chi connectivity index (χ1) is 5.86. The van der Waals surface area contributed by atoms with E-state index in [2.05, 4.69) is 24.1 Å². The topological polar surface area (TPSA) is 3.24 Å². The van der Waals surface area contributed by atoms with E-state index in [1.807, 2.05) is 0 Å². The molecule has 0 saturated carbocycles. The second kappa shape index (κ2) is 2.23. The van der Waals surface area contributed by atoms with Crippen molar-refractivity contribution in [3.63, 3.8) is 0 Å².